The standard InChI is InChI=1S/C23H27N3O3/c27-17-18-5-4-8-20(15-18)26-21(9-12-24-26)16-23(29)10-13-25(14-11-23)22(28)19-6-2-1-3-7-19/h1-8,12,15,21,27,29H,9-11,13-14,16-17H2. The van der Waals surface area contributed by atoms with Gasteiger partial charge >= 0.3 is 0 Å². The number of hydrazone groups is 1. The van der Waals surface area contributed by atoms with Crippen molar-refractivity contribution in [2.24, 2.45) is 5.10 Å². The lowest BCUT2D eigenvalue weighted by atomic mass is 9.84. The second kappa shape index (κ2) is 8.35. The summed E-state index contributed by atoms with van der Waals surface area (Å²) in [5.41, 5.74) is 1.65. The number of carbonyl (C=O) groups is 1. The first-order chi connectivity index (χ1) is 14.1. The summed E-state index contributed by atoms with van der Waals surface area (Å²) < 4.78 is 0. The van der Waals surface area contributed by atoms with Crippen LogP contribution in [0.5, 0.6) is 0 Å². The molecule has 0 bridgehead atoms. The van der Waals surface area contributed by atoms with E-state index in [-0.39, 0.29) is 18.6 Å². The van der Waals surface area contributed by atoms with Crippen molar-refractivity contribution in [1.82, 2.24) is 4.90 Å². The molecule has 1 fully saturated rings. The molecular weight excluding hydrogens is 366 g/mol. The smallest absolute Gasteiger partial charge is 0.253 e. The van der Waals surface area contributed by atoms with Crippen molar-refractivity contribution in [3.05, 3.63) is 65.7 Å². The Morgan fingerprint density at radius 3 is 2.59 bits per heavy atom. The van der Waals surface area contributed by atoms with Crippen LogP contribution in [0.1, 0.15) is 41.6 Å². The predicted molar refractivity (Wildman–Crippen MR) is 113 cm³/mol. The zero-order chi connectivity index (χ0) is 20.3. The first kappa shape index (κ1) is 19.6. The average Bonchev–Trinajstić information content (AvgIpc) is 3.22. The molecule has 2 aliphatic rings. The number of hydrogen-bond acceptors (Lipinski definition) is 5. The van der Waals surface area contributed by atoms with Gasteiger partial charge in [0.25, 0.3) is 5.91 Å². The van der Waals surface area contributed by atoms with Gasteiger partial charge in [-0.25, -0.2) is 0 Å². The van der Waals surface area contributed by atoms with Gasteiger partial charge in [-0.2, -0.15) is 5.10 Å². The molecule has 0 aromatic heterocycles. The van der Waals surface area contributed by atoms with E-state index in [1.54, 1.807) is 0 Å². The largest absolute Gasteiger partial charge is 0.392 e. The number of carbonyl (C=O) groups excluding carboxylic acids is 1. The van der Waals surface area contributed by atoms with Crippen LogP contribution < -0.4 is 5.01 Å². The van der Waals surface area contributed by atoms with Crippen LogP contribution in [0.25, 0.3) is 0 Å². The Morgan fingerprint density at radius 1 is 1.10 bits per heavy atom. The van der Waals surface area contributed by atoms with E-state index in [1.807, 2.05) is 70.7 Å². The molecule has 4 rings (SSSR count). The van der Waals surface area contributed by atoms with Crippen molar-refractivity contribution in [1.29, 1.82) is 0 Å². The number of likely N-dealkylation sites (tertiary alicyclic amines) is 1. The minimum absolute atomic E-state index is 0.00865. The quantitative estimate of drug-likeness (QED) is 0.819. The maximum Gasteiger partial charge on any atom is 0.253 e. The maximum absolute atomic E-state index is 12.6. The van der Waals surface area contributed by atoms with Gasteiger partial charge in [0.1, 0.15) is 0 Å². The van der Waals surface area contributed by atoms with Gasteiger partial charge in [-0.05, 0) is 49.1 Å². The van der Waals surface area contributed by atoms with Crippen LogP contribution >= 0.6 is 0 Å². The molecule has 29 heavy (non-hydrogen) atoms. The Hall–Kier alpha value is -2.70. The second-order valence-corrected chi connectivity index (χ2v) is 7.95. The predicted octanol–water partition coefficient (Wildman–Crippen LogP) is 2.80. The lowest BCUT2D eigenvalue weighted by molar-refractivity contribution is -0.0268. The summed E-state index contributed by atoms with van der Waals surface area (Å²) in [4.78, 5) is 14.5. The molecule has 6 heteroatoms. The van der Waals surface area contributed by atoms with Crippen molar-refractivity contribution in [2.75, 3.05) is 18.1 Å². The zero-order valence-corrected chi connectivity index (χ0v) is 16.4. The highest BCUT2D eigenvalue weighted by atomic mass is 16.3. The molecule has 0 saturated carbocycles. The van der Waals surface area contributed by atoms with Crippen LogP contribution in [0.2, 0.25) is 0 Å². The van der Waals surface area contributed by atoms with Crippen molar-refractivity contribution < 1.29 is 15.0 Å². The van der Waals surface area contributed by atoms with E-state index in [4.69, 9.17) is 0 Å². The van der Waals surface area contributed by atoms with Gasteiger partial charge in [-0.15, -0.1) is 0 Å². The van der Waals surface area contributed by atoms with Crippen LogP contribution in [-0.4, -0.2) is 52.0 Å². The highest BCUT2D eigenvalue weighted by molar-refractivity contribution is 5.94. The summed E-state index contributed by atoms with van der Waals surface area (Å²) in [5, 5.41) is 27.0. The number of aliphatic hydroxyl groups is 2. The molecule has 1 amide bonds. The second-order valence-electron chi connectivity index (χ2n) is 7.95. The van der Waals surface area contributed by atoms with E-state index in [2.05, 4.69) is 5.10 Å². The molecule has 0 spiro atoms. The van der Waals surface area contributed by atoms with Crippen LogP contribution in [-0.2, 0) is 6.61 Å². The first-order valence-corrected chi connectivity index (χ1v) is 10.2. The summed E-state index contributed by atoms with van der Waals surface area (Å²) in [6, 6.07) is 17.1. The Labute approximate surface area is 171 Å². The third kappa shape index (κ3) is 4.33. The first-order valence-electron chi connectivity index (χ1n) is 10.2. The molecule has 1 unspecified atom stereocenters. The van der Waals surface area contributed by atoms with Gasteiger partial charge in [0, 0.05) is 31.3 Å². The third-order valence-electron chi connectivity index (χ3n) is 5.90. The van der Waals surface area contributed by atoms with Crippen molar-refractivity contribution in [3.63, 3.8) is 0 Å². The van der Waals surface area contributed by atoms with E-state index >= 15 is 0 Å². The number of piperidine rings is 1. The summed E-state index contributed by atoms with van der Waals surface area (Å²) in [5.74, 6) is 0.0271. The number of nitrogens with zero attached hydrogens (tertiary/aromatic N) is 3. The van der Waals surface area contributed by atoms with Crippen LogP contribution in [0, 0.1) is 0 Å². The summed E-state index contributed by atoms with van der Waals surface area (Å²) >= 11 is 0. The Morgan fingerprint density at radius 2 is 1.86 bits per heavy atom. The molecule has 1 saturated heterocycles. The van der Waals surface area contributed by atoms with Crippen molar-refractivity contribution in [3.8, 4) is 0 Å². The Bertz CT molecular complexity index is 876. The van der Waals surface area contributed by atoms with E-state index < -0.39 is 5.60 Å². The molecule has 2 N–H and O–H groups in total. The van der Waals surface area contributed by atoms with E-state index in [9.17, 15) is 15.0 Å². The molecule has 2 aromatic rings. The van der Waals surface area contributed by atoms with E-state index in [0.717, 1.165) is 17.7 Å². The Kier molecular flexibility index (Phi) is 5.65. The maximum atomic E-state index is 12.6. The van der Waals surface area contributed by atoms with Gasteiger partial charge in [0.15, 0.2) is 0 Å². The monoisotopic (exact) mass is 393 g/mol. The fourth-order valence-electron chi connectivity index (χ4n) is 4.23. The fourth-order valence-corrected chi connectivity index (χ4v) is 4.23. The molecule has 0 radical (unpaired) electrons. The third-order valence-corrected chi connectivity index (χ3v) is 5.90. The topological polar surface area (TPSA) is 76.4 Å². The lowest BCUT2D eigenvalue weighted by Crippen LogP contribution is -2.49. The van der Waals surface area contributed by atoms with Crippen LogP contribution in [0.15, 0.2) is 59.7 Å². The number of amides is 1. The summed E-state index contributed by atoms with van der Waals surface area (Å²) in [6.07, 6.45) is 4.38. The van der Waals surface area contributed by atoms with Gasteiger partial charge in [-0.3, -0.25) is 9.80 Å². The molecule has 2 aromatic carbocycles. The molecule has 0 aliphatic carbocycles. The lowest BCUT2D eigenvalue weighted by Gasteiger charge is -2.40. The minimum atomic E-state index is -0.807. The fraction of sp³-hybridized carbons (Fsp3) is 0.391. The van der Waals surface area contributed by atoms with Crippen molar-refractivity contribution >= 4 is 17.8 Å². The SMILES string of the molecule is O=C(c1ccccc1)N1CCC(O)(CC2CC=NN2c2cccc(CO)c2)CC1. The highest BCUT2D eigenvalue weighted by Gasteiger charge is 2.38. The van der Waals surface area contributed by atoms with Crippen LogP contribution in [0.4, 0.5) is 5.69 Å². The van der Waals surface area contributed by atoms with Gasteiger partial charge in [0.2, 0.25) is 0 Å². The van der Waals surface area contributed by atoms with E-state index in [0.29, 0.717) is 37.9 Å². The van der Waals surface area contributed by atoms with Crippen molar-refractivity contribution in [2.45, 2.75) is 43.9 Å². The molecule has 152 valence electrons. The number of aliphatic hydroxyl groups excluding tert-OH is 1. The Balaban J connectivity index is 1.39. The van der Waals surface area contributed by atoms with Gasteiger partial charge in [0.05, 0.1) is 23.9 Å². The number of benzene rings is 2. The summed E-state index contributed by atoms with van der Waals surface area (Å²) in [7, 11) is 0. The molecular formula is C23H27N3O3. The van der Waals surface area contributed by atoms with E-state index in [1.165, 1.54) is 0 Å². The molecule has 2 heterocycles. The van der Waals surface area contributed by atoms with Gasteiger partial charge < -0.3 is 15.1 Å². The highest BCUT2D eigenvalue weighted by Crippen LogP contribution is 2.33. The molecule has 1 atom stereocenters. The number of rotatable bonds is 5. The summed E-state index contributed by atoms with van der Waals surface area (Å²) in [6.45, 7) is 1.10. The number of anilines is 1. The van der Waals surface area contributed by atoms with Gasteiger partial charge in [-0.1, -0.05) is 30.3 Å². The normalized spacial score (nSPS) is 20.8. The minimum Gasteiger partial charge on any atom is -0.392 e. The molecule has 6 nitrogen and oxygen atoms in total. The number of hydrogen-bond donors (Lipinski definition) is 2. The molecule has 2 aliphatic heterocycles. The average molecular weight is 393 g/mol. The van der Waals surface area contributed by atoms with Crippen LogP contribution in [0.3, 0.4) is 0 Å². The zero-order valence-electron chi connectivity index (χ0n) is 16.4.